The number of carbonyl (C=O) groups excluding carboxylic acids is 1. The van der Waals surface area contributed by atoms with Gasteiger partial charge in [0.15, 0.2) is 11.9 Å². The Labute approximate surface area is 138 Å². The highest BCUT2D eigenvalue weighted by atomic mass is 16.4. The van der Waals surface area contributed by atoms with Crippen LogP contribution < -0.4 is 9.67 Å². The van der Waals surface area contributed by atoms with Gasteiger partial charge in [-0.2, -0.15) is 4.57 Å². The molecule has 1 heterocycles. The monoisotopic (exact) mass is 311 g/mol. The Morgan fingerprint density at radius 1 is 0.957 bits per heavy atom. The minimum Gasteiger partial charge on any atom is -0.550 e. The summed E-state index contributed by atoms with van der Waals surface area (Å²) in [6.07, 6.45) is 8.46. The Kier molecular flexibility index (Phi) is 6.79. The van der Waals surface area contributed by atoms with Crippen molar-refractivity contribution in [3.8, 4) is 5.69 Å². The number of unbranched alkanes of at least 4 members (excludes halogenated alkanes) is 4. The number of hydrogen-bond acceptors (Lipinski definition) is 2. The molecule has 0 N–H and O–H groups in total. The number of carbonyl (C=O) groups is 1. The zero-order valence-electron chi connectivity index (χ0n) is 13.8. The maximum Gasteiger partial charge on any atom is 0.210 e. The van der Waals surface area contributed by atoms with Gasteiger partial charge in [0.2, 0.25) is 5.69 Å². The van der Waals surface area contributed by atoms with Crippen LogP contribution >= 0.6 is 0 Å². The number of carboxylic acid groups (broad SMARTS) is 1. The number of rotatable bonds is 9. The molecule has 0 aliphatic carbocycles. The number of para-hydroxylation sites is 1. The molecule has 1 aromatic carbocycles. The van der Waals surface area contributed by atoms with Gasteiger partial charge in [-0.1, -0.05) is 37.5 Å². The summed E-state index contributed by atoms with van der Waals surface area (Å²) in [4.78, 5) is 10.3. The predicted octanol–water partition coefficient (Wildman–Crippen LogP) is 2.90. The average molecular weight is 311 g/mol. The SMILES string of the molecule is Cc1c(CCCCCCCC(=O)[O-])ccc[n+]1-c1ccccc1. The molecule has 0 saturated carbocycles. The lowest BCUT2D eigenvalue weighted by atomic mass is 10.0. The molecule has 2 rings (SSSR count). The third-order valence-corrected chi connectivity index (χ3v) is 4.22. The molecule has 3 nitrogen and oxygen atoms in total. The number of carboxylic acids is 1. The van der Waals surface area contributed by atoms with E-state index in [1.165, 1.54) is 16.9 Å². The predicted molar refractivity (Wildman–Crippen MR) is 89.1 cm³/mol. The van der Waals surface area contributed by atoms with Crippen molar-refractivity contribution in [3.63, 3.8) is 0 Å². The maximum atomic E-state index is 10.3. The van der Waals surface area contributed by atoms with Gasteiger partial charge in [0.1, 0.15) is 0 Å². The van der Waals surface area contributed by atoms with Gasteiger partial charge < -0.3 is 9.90 Å². The van der Waals surface area contributed by atoms with Crippen molar-refractivity contribution in [2.45, 2.75) is 51.9 Å². The highest BCUT2D eigenvalue weighted by Crippen LogP contribution is 2.12. The van der Waals surface area contributed by atoms with Gasteiger partial charge >= 0.3 is 0 Å². The van der Waals surface area contributed by atoms with E-state index < -0.39 is 5.97 Å². The Bertz CT molecular complexity index is 623. The average Bonchev–Trinajstić information content (AvgIpc) is 2.56. The summed E-state index contributed by atoms with van der Waals surface area (Å²) in [5, 5.41) is 10.3. The van der Waals surface area contributed by atoms with Gasteiger partial charge in [-0.25, -0.2) is 0 Å². The van der Waals surface area contributed by atoms with Gasteiger partial charge in [0.25, 0.3) is 0 Å². The lowest BCUT2D eigenvalue weighted by Gasteiger charge is -2.06. The summed E-state index contributed by atoms with van der Waals surface area (Å²) in [6, 6.07) is 14.7. The molecule has 0 spiro atoms. The largest absolute Gasteiger partial charge is 0.550 e. The molecule has 122 valence electrons. The molecule has 3 heteroatoms. The third-order valence-electron chi connectivity index (χ3n) is 4.22. The van der Waals surface area contributed by atoms with Gasteiger partial charge in [0, 0.05) is 36.7 Å². The van der Waals surface area contributed by atoms with Crippen LogP contribution in [0.3, 0.4) is 0 Å². The van der Waals surface area contributed by atoms with Crippen LogP contribution in [0.1, 0.15) is 49.8 Å². The minimum absolute atomic E-state index is 0.189. The number of benzene rings is 1. The smallest absolute Gasteiger partial charge is 0.210 e. The van der Waals surface area contributed by atoms with Crippen molar-refractivity contribution < 1.29 is 14.5 Å². The van der Waals surface area contributed by atoms with E-state index in [1.807, 2.05) is 6.07 Å². The zero-order valence-corrected chi connectivity index (χ0v) is 13.8. The van der Waals surface area contributed by atoms with Gasteiger partial charge in [-0.15, -0.1) is 0 Å². The van der Waals surface area contributed by atoms with Crippen LogP contribution in [0, 0.1) is 6.92 Å². The Morgan fingerprint density at radius 2 is 1.65 bits per heavy atom. The van der Waals surface area contributed by atoms with Crippen LogP contribution in [-0.4, -0.2) is 5.97 Å². The molecule has 0 saturated heterocycles. The molecule has 0 fully saturated rings. The fourth-order valence-electron chi connectivity index (χ4n) is 2.88. The highest BCUT2D eigenvalue weighted by Gasteiger charge is 2.13. The number of nitrogens with zero attached hydrogens (tertiary/aromatic N) is 1. The highest BCUT2D eigenvalue weighted by molar-refractivity contribution is 5.64. The van der Waals surface area contributed by atoms with Gasteiger partial charge in [-0.3, -0.25) is 0 Å². The van der Waals surface area contributed by atoms with Crippen molar-refractivity contribution in [2.75, 3.05) is 0 Å². The van der Waals surface area contributed by atoms with Crippen LogP contribution in [0.4, 0.5) is 0 Å². The molecule has 0 radical (unpaired) electrons. The molecule has 0 bridgehead atoms. The van der Waals surface area contributed by atoms with Crippen LogP contribution in [0.15, 0.2) is 48.7 Å². The lowest BCUT2D eigenvalue weighted by molar-refractivity contribution is -0.603. The Hall–Kier alpha value is -2.16. The molecule has 23 heavy (non-hydrogen) atoms. The molecule has 2 aromatic rings. The fourth-order valence-corrected chi connectivity index (χ4v) is 2.88. The number of hydrogen-bond donors (Lipinski definition) is 0. The molecule has 0 amide bonds. The molecule has 0 atom stereocenters. The van der Waals surface area contributed by atoms with Crippen molar-refractivity contribution >= 4 is 5.97 Å². The first-order valence-corrected chi connectivity index (χ1v) is 8.44. The summed E-state index contributed by atoms with van der Waals surface area (Å²) in [6.45, 7) is 2.17. The summed E-state index contributed by atoms with van der Waals surface area (Å²) < 4.78 is 2.23. The molecule has 1 aromatic heterocycles. The van der Waals surface area contributed by atoms with Crippen molar-refractivity contribution in [1.29, 1.82) is 0 Å². The van der Waals surface area contributed by atoms with E-state index in [1.54, 1.807) is 0 Å². The van der Waals surface area contributed by atoms with E-state index in [4.69, 9.17) is 0 Å². The quantitative estimate of drug-likeness (QED) is 0.528. The van der Waals surface area contributed by atoms with Crippen molar-refractivity contribution in [1.82, 2.24) is 0 Å². The number of aromatic nitrogens is 1. The first-order chi connectivity index (χ1) is 11.2. The van der Waals surface area contributed by atoms with Crippen molar-refractivity contribution in [2.24, 2.45) is 0 Å². The van der Waals surface area contributed by atoms with E-state index in [-0.39, 0.29) is 6.42 Å². The molecule has 0 aliphatic rings. The Balaban J connectivity index is 1.83. The standard InChI is InChI=1S/C20H25NO2/c1-17-18(11-6-3-2-4-9-15-20(22)23)12-10-16-21(17)19-13-7-5-8-14-19/h5,7-8,10,12-14,16H,2-4,6,9,11,15H2,1H3. The topological polar surface area (TPSA) is 44.0 Å². The Morgan fingerprint density at radius 3 is 2.39 bits per heavy atom. The summed E-state index contributed by atoms with van der Waals surface area (Å²) in [5.74, 6) is -0.935. The van der Waals surface area contributed by atoms with E-state index in [0.717, 1.165) is 38.5 Å². The van der Waals surface area contributed by atoms with Gasteiger partial charge in [-0.05, 0) is 31.7 Å². The van der Waals surface area contributed by atoms with Crippen LogP contribution in [-0.2, 0) is 11.2 Å². The second-order valence-electron chi connectivity index (χ2n) is 5.96. The summed E-state index contributed by atoms with van der Waals surface area (Å²) in [7, 11) is 0. The summed E-state index contributed by atoms with van der Waals surface area (Å²) >= 11 is 0. The van der Waals surface area contributed by atoms with E-state index in [9.17, 15) is 9.90 Å². The van der Waals surface area contributed by atoms with E-state index in [2.05, 4.69) is 54.1 Å². The molecular formula is C20H25NO2. The van der Waals surface area contributed by atoms with Crippen LogP contribution in [0.2, 0.25) is 0 Å². The zero-order chi connectivity index (χ0) is 16.5. The number of aliphatic carboxylic acids is 1. The van der Waals surface area contributed by atoms with Gasteiger partial charge in [0.05, 0.1) is 0 Å². The third kappa shape index (κ3) is 5.51. The summed E-state index contributed by atoms with van der Waals surface area (Å²) in [5.41, 5.74) is 3.86. The first-order valence-electron chi connectivity index (χ1n) is 8.44. The van der Waals surface area contributed by atoms with E-state index in [0.29, 0.717) is 0 Å². The van der Waals surface area contributed by atoms with Crippen LogP contribution in [0.5, 0.6) is 0 Å². The second-order valence-corrected chi connectivity index (χ2v) is 5.96. The normalized spacial score (nSPS) is 10.7. The molecular weight excluding hydrogens is 286 g/mol. The lowest BCUT2D eigenvalue weighted by Crippen LogP contribution is -2.34. The van der Waals surface area contributed by atoms with Crippen LogP contribution in [0.25, 0.3) is 5.69 Å². The first kappa shape index (κ1) is 17.2. The maximum absolute atomic E-state index is 10.3. The minimum atomic E-state index is -0.935. The molecule has 0 unspecified atom stereocenters. The number of aryl methyl sites for hydroxylation is 1. The second kappa shape index (κ2) is 9.09. The number of pyridine rings is 1. The molecule has 0 aliphatic heterocycles. The fraction of sp³-hybridized carbons (Fsp3) is 0.400. The van der Waals surface area contributed by atoms with Crippen molar-refractivity contribution in [3.05, 3.63) is 59.9 Å². The van der Waals surface area contributed by atoms with E-state index >= 15 is 0 Å².